The highest BCUT2D eigenvalue weighted by molar-refractivity contribution is 6.01. The second-order valence-electron chi connectivity index (χ2n) is 13.0. The summed E-state index contributed by atoms with van der Waals surface area (Å²) in [5.41, 5.74) is -6.21. The Labute approximate surface area is 263 Å². The van der Waals surface area contributed by atoms with E-state index in [0.717, 1.165) is 0 Å². The van der Waals surface area contributed by atoms with Crippen LogP contribution in [0.25, 0.3) is 0 Å². The van der Waals surface area contributed by atoms with Crippen molar-refractivity contribution in [3.05, 3.63) is 44.0 Å². The van der Waals surface area contributed by atoms with Crippen molar-refractivity contribution in [2.45, 2.75) is 89.5 Å². The van der Waals surface area contributed by atoms with Crippen LogP contribution in [0.15, 0.2) is 23.8 Å². The molecule has 0 amide bonds. The summed E-state index contributed by atoms with van der Waals surface area (Å²) in [7, 11) is 0. The molecule has 4 aliphatic carbocycles. The van der Waals surface area contributed by atoms with E-state index < -0.39 is 87.1 Å². The summed E-state index contributed by atoms with van der Waals surface area (Å²) < 4.78 is 28.8. The van der Waals surface area contributed by atoms with Gasteiger partial charge in [-0.3, -0.25) is 19.2 Å². The van der Waals surface area contributed by atoms with Gasteiger partial charge in [0.25, 0.3) is 10.2 Å². The summed E-state index contributed by atoms with van der Waals surface area (Å²) in [5, 5.41) is 30.5. The maximum absolute atomic E-state index is 17.6. The summed E-state index contributed by atoms with van der Waals surface area (Å²) in [6.45, 7) is 3.40. The van der Waals surface area contributed by atoms with Crippen LogP contribution in [0.1, 0.15) is 72.1 Å². The SMILES string of the molecule is C[C@H]1CC2C3CCC4=CC(=O)C=C[C@]4(C)[C@@]3(F)[C@@H](O)C[C@]2(C)[C@@]1(OC(=O)CCCO[N+](=O)[O-])C(=O)COC(=O)CCCO[N+](=O)[O-]. The minimum Gasteiger partial charge on any atom is -0.457 e. The summed E-state index contributed by atoms with van der Waals surface area (Å²) in [4.78, 5) is 81.2. The van der Waals surface area contributed by atoms with Gasteiger partial charge < -0.3 is 24.3 Å². The number of fused-ring (bicyclic) bond motifs is 5. The lowest BCUT2D eigenvalue weighted by Crippen LogP contribution is -2.70. The topological polar surface area (TPSA) is 212 Å². The fourth-order valence-electron chi connectivity index (χ4n) is 8.67. The molecule has 3 saturated carbocycles. The number of aliphatic hydroxyl groups excluding tert-OH is 1. The van der Waals surface area contributed by atoms with Crippen molar-refractivity contribution in [1.29, 1.82) is 0 Å². The lowest BCUT2D eigenvalue weighted by Gasteiger charge is -2.62. The number of ether oxygens (including phenoxy) is 2. The molecule has 0 spiro atoms. The van der Waals surface area contributed by atoms with E-state index in [-0.39, 0.29) is 57.3 Å². The van der Waals surface area contributed by atoms with Crippen molar-refractivity contribution < 1.29 is 58.0 Å². The molecule has 3 fully saturated rings. The molecule has 0 aromatic heterocycles. The van der Waals surface area contributed by atoms with Gasteiger partial charge in [-0.15, -0.1) is 20.2 Å². The van der Waals surface area contributed by atoms with Gasteiger partial charge in [0, 0.05) is 35.5 Å². The first-order chi connectivity index (χ1) is 21.5. The molecule has 16 heteroatoms. The average molecular weight is 655 g/mol. The van der Waals surface area contributed by atoms with Crippen molar-refractivity contribution in [1.82, 2.24) is 0 Å². The molecule has 0 aromatic carbocycles. The number of carbonyl (C=O) groups is 4. The summed E-state index contributed by atoms with van der Waals surface area (Å²) >= 11 is 0. The zero-order chi connectivity index (χ0) is 34.1. The molecule has 0 aromatic rings. The normalized spacial score (nSPS) is 35.9. The Morgan fingerprint density at radius 3 is 2.26 bits per heavy atom. The molecule has 1 N–H and O–H groups in total. The largest absolute Gasteiger partial charge is 0.457 e. The molecular weight excluding hydrogens is 615 g/mol. The Bertz CT molecular complexity index is 1350. The van der Waals surface area contributed by atoms with Crippen LogP contribution in [0.3, 0.4) is 0 Å². The van der Waals surface area contributed by atoms with Gasteiger partial charge in [0.15, 0.2) is 23.7 Å². The van der Waals surface area contributed by atoms with E-state index in [1.165, 1.54) is 18.2 Å². The molecule has 46 heavy (non-hydrogen) atoms. The highest BCUT2D eigenvalue weighted by Crippen LogP contribution is 2.71. The number of hydrogen-bond acceptors (Lipinski definition) is 13. The Balaban J connectivity index is 1.64. The molecule has 2 unspecified atom stereocenters. The number of nitrogens with zero attached hydrogens (tertiary/aromatic N) is 2. The third-order valence-corrected chi connectivity index (χ3v) is 10.7. The third kappa shape index (κ3) is 5.86. The number of esters is 2. The maximum atomic E-state index is 17.6. The van der Waals surface area contributed by atoms with E-state index in [4.69, 9.17) is 9.47 Å². The number of Topliss-reactive ketones (excluding diaryl/α,β-unsaturated/α-hetero) is 1. The molecule has 0 saturated heterocycles. The third-order valence-electron chi connectivity index (χ3n) is 10.7. The van der Waals surface area contributed by atoms with Crippen LogP contribution in [-0.4, -0.2) is 76.0 Å². The molecular formula is C30H39FN2O13. The second-order valence-corrected chi connectivity index (χ2v) is 13.0. The molecule has 0 radical (unpaired) electrons. The molecule has 15 nitrogen and oxygen atoms in total. The predicted molar refractivity (Wildman–Crippen MR) is 152 cm³/mol. The fourth-order valence-corrected chi connectivity index (χ4v) is 8.67. The smallest absolute Gasteiger partial charge is 0.306 e. The zero-order valence-corrected chi connectivity index (χ0v) is 25.9. The van der Waals surface area contributed by atoms with E-state index in [0.29, 0.717) is 12.0 Å². The standard InChI is InChI=1S/C30H39FN2O13/c1-18-14-22-21-9-8-19-15-20(34)10-11-27(19,2)29(21,31)23(35)16-28(22,3)30(18,46-26(38)7-5-13-45-33(41)42)24(36)17-43-25(37)6-4-12-44-32(39)40/h10-11,15,18,21-23,35H,4-9,12-14,16-17H2,1-3H3/t18-,21?,22?,23-,27-,28-,29-,30-/m0/s1. The number of rotatable bonds is 14. The van der Waals surface area contributed by atoms with Gasteiger partial charge in [0.1, 0.15) is 0 Å². The van der Waals surface area contributed by atoms with Crippen LogP contribution >= 0.6 is 0 Å². The van der Waals surface area contributed by atoms with Crippen LogP contribution in [-0.2, 0) is 38.3 Å². The van der Waals surface area contributed by atoms with Gasteiger partial charge in [-0.25, -0.2) is 4.39 Å². The molecule has 8 atom stereocenters. The van der Waals surface area contributed by atoms with E-state index in [2.05, 4.69) is 9.68 Å². The van der Waals surface area contributed by atoms with Crippen LogP contribution in [0.5, 0.6) is 0 Å². The lowest BCUT2D eigenvalue weighted by atomic mass is 9.44. The van der Waals surface area contributed by atoms with Crippen molar-refractivity contribution in [2.75, 3.05) is 19.8 Å². The fraction of sp³-hybridized carbons (Fsp3) is 0.733. The van der Waals surface area contributed by atoms with Crippen molar-refractivity contribution in [3.8, 4) is 0 Å². The monoisotopic (exact) mass is 654 g/mol. The van der Waals surface area contributed by atoms with Crippen LogP contribution in [0.4, 0.5) is 4.39 Å². The first-order valence-corrected chi connectivity index (χ1v) is 15.3. The van der Waals surface area contributed by atoms with E-state index in [9.17, 15) is 44.5 Å². The number of hydrogen-bond donors (Lipinski definition) is 1. The highest BCUT2D eigenvalue weighted by atomic mass is 19.1. The van der Waals surface area contributed by atoms with E-state index in [1.807, 2.05) is 0 Å². The average Bonchev–Trinajstić information content (AvgIpc) is 3.19. The number of aliphatic hydroxyl groups is 1. The Morgan fingerprint density at radius 1 is 1.04 bits per heavy atom. The van der Waals surface area contributed by atoms with Crippen LogP contribution < -0.4 is 0 Å². The minimum absolute atomic E-state index is 0.0573. The Kier molecular flexibility index (Phi) is 9.90. The molecule has 254 valence electrons. The minimum atomic E-state index is -2.21. The maximum Gasteiger partial charge on any atom is 0.306 e. The molecule has 0 bridgehead atoms. The highest BCUT2D eigenvalue weighted by Gasteiger charge is 2.77. The Morgan fingerprint density at radius 2 is 1.65 bits per heavy atom. The molecule has 4 rings (SSSR count). The summed E-state index contributed by atoms with van der Waals surface area (Å²) in [6, 6.07) is 0. The van der Waals surface area contributed by atoms with Gasteiger partial charge in [-0.05, 0) is 63.5 Å². The molecule has 0 aliphatic heterocycles. The van der Waals surface area contributed by atoms with Crippen LogP contribution in [0.2, 0.25) is 0 Å². The van der Waals surface area contributed by atoms with Gasteiger partial charge in [-0.2, -0.15) is 0 Å². The summed E-state index contributed by atoms with van der Waals surface area (Å²) in [6.07, 6.45) is 2.34. The second kappa shape index (κ2) is 13.0. The van der Waals surface area contributed by atoms with Crippen LogP contribution in [0, 0.1) is 48.8 Å². The Hall–Kier alpha value is -3.95. The molecule has 0 heterocycles. The van der Waals surface area contributed by atoms with Crippen molar-refractivity contribution in [3.63, 3.8) is 0 Å². The number of ketones is 2. The van der Waals surface area contributed by atoms with Gasteiger partial charge >= 0.3 is 11.9 Å². The lowest BCUT2D eigenvalue weighted by molar-refractivity contribution is -0.757. The predicted octanol–water partition coefficient (Wildman–Crippen LogP) is 2.97. The first-order valence-electron chi connectivity index (χ1n) is 15.3. The van der Waals surface area contributed by atoms with E-state index in [1.54, 1.807) is 20.8 Å². The van der Waals surface area contributed by atoms with Gasteiger partial charge in [-0.1, -0.05) is 25.5 Å². The van der Waals surface area contributed by atoms with E-state index >= 15 is 4.39 Å². The molecule has 4 aliphatic rings. The van der Waals surface area contributed by atoms with Gasteiger partial charge in [0.2, 0.25) is 5.78 Å². The van der Waals surface area contributed by atoms with Crippen molar-refractivity contribution in [2.24, 2.45) is 28.6 Å². The summed E-state index contributed by atoms with van der Waals surface area (Å²) in [5.74, 6) is -4.86. The number of carbonyl (C=O) groups excluding carboxylic acids is 4. The van der Waals surface area contributed by atoms with Crippen molar-refractivity contribution >= 4 is 23.5 Å². The quantitative estimate of drug-likeness (QED) is 0.124. The zero-order valence-electron chi connectivity index (χ0n) is 25.9. The van der Waals surface area contributed by atoms with Gasteiger partial charge in [0.05, 0.1) is 19.3 Å². The first kappa shape index (κ1) is 34.9. The number of allylic oxidation sites excluding steroid dienone is 4. The number of alkyl halides is 1. The number of halogens is 1.